The van der Waals surface area contributed by atoms with E-state index in [2.05, 4.69) is 124 Å². The molecule has 0 saturated heterocycles. The second kappa shape index (κ2) is 64.6. The third-order valence-corrected chi connectivity index (χ3v) is 13.8. The summed E-state index contributed by atoms with van der Waals surface area (Å²) in [6.45, 7) is 6.35. The van der Waals surface area contributed by atoms with E-state index in [1.165, 1.54) is 161 Å². The van der Waals surface area contributed by atoms with Crippen molar-refractivity contribution < 1.29 is 28.6 Å². The van der Waals surface area contributed by atoms with Gasteiger partial charge in [0.05, 0.1) is 0 Å². The number of carbonyl (C=O) groups is 3. The van der Waals surface area contributed by atoms with Gasteiger partial charge in [0.1, 0.15) is 13.2 Å². The quantitative estimate of drug-likeness (QED) is 0.0261. The standard InChI is InChI=1S/C71H120O6/c1-4-7-10-13-16-19-22-25-27-29-30-31-32-33-34-35-36-37-38-39-40-42-43-46-49-52-55-58-61-64-70(73)76-67-68(66-75-69(72)63-60-57-54-51-48-45-24-21-18-15-12-9-6-3)77-71(74)65-62-59-56-53-50-47-44-41-28-26-23-20-17-14-11-8-5-2/h8-9,11-12,17-18,20-22,25-26,28-30,45,48,54,57,68H,4-7,10,13-16,19,23-24,27,31-44,46-47,49-53,55-56,58-67H2,1-3H3/b11-8-,12-9-,20-17-,21-18-,25-22-,28-26-,30-29-,48-45-,57-54-. The summed E-state index contributed by atoms with van der Waals surface area (Å²) in [4.78, 5) is 38.2. The lowest BCUT2D eigenvalue weighted by Gasteiger charge is -2.18. The summed E-state index contributed by atoms with van der Waals surface area (Å²) < 4.78 is 16.8. The van der Waals surface area contributed by atoms with Gasteiger partial charge >= 0.3 is 17.9 Å². The lowest BCUT2D eigenvalue weighted by atomic mass is 10.0. The summed E-state index contributed by atoms with van der Waals surface area (Å²) in [6, 6.07) is 0. The minimum absolute atomic E-state index is 0.104. The number of hydrogen-bond donors (Lipinski definition) is 0. The van der Waals surface area contributed by atoms with E-state index in [9.17, 15) is 14.4 Å². The predicted octanol–water partition coefficient (Wildman–Crippen LogP) is 22.2. The van der Waals surface area contributed by atoms with E-state index in [1.807, 2.05) is 6.08 Å². The highest BCUT2D eigenvalue weighted by atomic mass is 16.6. The third-order valence-electron chi connectivity index (χ3n) is 13.8. The molecule has 0 saturated carbocycles. The molecule has 0 N–H and O–H groups in total. The van der Waals surface area contributed by atoms with Crippen molar-refractivity contribution >= 4 is 17.9 Å². The van der Waals surface area contributed by atoms with Crippen LogP contribution in [0.4, 0.5) is 0 Å². The summed E-state index contributed by atoms with van der Waals surface area (Å²) in [6.07, 6.45) is 88.4. The van der Waals surface area contributed by atoms with Gasteiger partial charge in [0.2, 0.25) is 0 Å². The van der Waals surface area contributed by atoms with Gasteiger partial charge in [-0.05, 0) is 109 Å². The van der Waals surface area contributed by atoms with Crippen molar-refractivity contribution in [1.82, 2.24) is 0 Å². The van der Waals surface area contributed by atoms with Crippen LogP contribution in [0.2, 0.25) is 0 Å². The van der Waals surface area contributed by atoms with E-state index in [1.54, 1.807) is 0 Å². The van der Waals surface area contributed by atoms with Crippen molar-refractivity contribution in [3.05, 3.63) is 109 Å². The van der Waals surface area contributed by atoms with E-state index in [4.69, 9.17) is 14.2 Å². The summed E-state index contributed by atoms with van der Waals surface area (Å²) >= 11 is 0. The minimum Gasteiger partial charge on any atom is -0.462 e. The first-order valence-corrected chi connectivity index (χ1v) is 32.4. The Morgan fingerprint density at radius 3 is 0.870 bits per heavy atom. The van der Waals surface area contributed by atoms with Gasteiger partial charge in [-0.1, -0.05) is 284 Å². The second-order valence-electron chi connectivity index (χ2n) is 21.3. The highest BCUT2D eigenvalue weighted by Crippen LogP contribution is 2.16. The largest absolute Gasteiger partial charge is 0.462 e. The molecule has 0 aromatic rings. The van der Waals surface area contributed by atoms with Crippen molar-refractivity contribution in [2.75, 3.05) is 13.2 Å². The van der Waals surface area contributed by atoms with Gasteiger partial charge in [0.15, 0.2) is 6.10 Å². The minimum atomic E-state index is -0.814. The first-order chi connectivity index (χ1) is 38.0. The Hall–Kier alpha value is -3.93. The number of hydrogen-bond acceptors (Lipinski definition) is 6. The Morgan fingerprint density at radius 2 is 0.532 bits per heavy atom. The van der Waals surface area contributed by atoms with Crippen LogP contribution in [0.3, 0.4) is 0 Å². The molecular weight excluding hydrogens is 949 g/mol. The van der Waals surface area contributed by atoms with Crippen molar-refractivity contribution in [2.24, 2.45) is 0 Å². The maximum atomic E-state index is 12.9. The molecule has 1 atom stereocenters. The van der Waals surface area contributed by atoms with E-state index in [0.717, 1.165) is 96.3 Å². The van der Waals surface area contributed by atoms with E-state index in [0.29, 0.717) is 19.3 Å². The summed E-state index contributed by atoms with van der Waals surface area (Å²) in [5.74, 6) is -0.992. The van der Waals surface area contributed by atoms with Crippen LogP contribution in [0, 0.1) is 0 Å². The Labute approximate surface area is 476 Å². The SMILES string of the molecule is CC/C=C\C/C=C\C/C=C\C/C=C\CCC(=O)OCC(COC(=O)CCCCCCCCCCCCCCCCCCC/C=C\C/C=C\CCCCCCC)OC(=O)CCCCCCCCC/C=C\C/C=C\C/C=C\CC. The molecule has 0 aliphatic carbocycles. The molecule has 0 bridgehead atoms. The predicted molar refractivity (Wildman–Crippen MR) is 334 cm³/mol. The van der Waals surface area contributed by atoms with Crippen LogP contribution in [0.25, 0.3) is 0 Å². The molecule has 6 heteroatoms. The Morgan fingerprint density at radius 1 is 0.273 bits per heavy atom. The number of allylic oxidation sites excluding steroid dienone is 18. The molecule has 6 nitrogen and oxygen atoms in total. The topological polar surface area (TPSA) is 78.9 Å². The lowest BCUT2D eigenvalue weighted by Crippen LogP contribution is -2.30. The maximum absolute atomic E-state index is 12.9. The molecule has 0 radical (unpaired) electrons. The van der Waals surface area contributed by atoms with Crippen LogP contribution in [-0.4, -0.2) is 37.2 Å². The molecule has 0 fully saturated rings. The second-order valence-corrected chi connectivity index (χ2v) is 21.3. The van der Waals surface area contributed by atoms with Gasteiger partial charge in [0, 0.05) is 19.3 Å². The lowest BCUT2D eigenvalue weighted by molar-refractivity contribution is -0.166. The van der Waals surface area contributed by atoms with Crippen LogP contribution >= 0.6 is 0 Å². The molecule has 0 spiro atoms. The van der Waals surface area contributed by atoms with Crippen molar-refractivity contribution in [2.45, 2.75) is 309 Å². The van der Waals surface area contributed by atoms with E-state index < -0.39 is 6.10 Å². The van der Waals surface area contributed by atoms with Crippen LogP contribution in [0.5, 0.6) is 0 Å². The summed E-state index contributed by atoms with van der Waals surface area (Å²) in [7, 11) is 0. The van der Waals surface area contributed by atoms with Crippen molar-refractivity contribution in [3.63, 3.8) is 0 Å². The Balaban J connectivity index is 4.27. The first-order valence-electron chi connectivity index (χ1n) is 32.4. The molecule has 0 rings (SSSR count). The molecule has 0 aliphatic rings. The van der Waals surface area contributed by atoms with Gasteiger partial charge in [-0.25, -0.2) is 0 Å². The van der Waals surface area contributed by atoms with Crippen molar-refractivity contribution in [1.29, 1.82) is 0 Å². The molecule has 0 aliphatic heterocycles. The highest BCUT2D eigenvalue weighted by molar-refractivity contribution is 5.71. The molecule has 0 aromatic carbocycles. The van der Waals surface area contributed by atoms with Gasteiger partial charge in [-0.2, -0.15) is 0 Å². The van der Waals surface area contributed by atoms with Gasteiger partial charge in [-0.15, -0.1) is 0 Å². The number of esters is 3. The smallest absolute Gasteiger partial charge is 0.306 e. The molecule has 0 heterocycles. The fourth-order valence-electron chi connectivity index (χ4n) is 8.97. The third kappa shape index (κ3) is 62.8. The number of rotatable bonds is 58. The average molecular weight is 1070 g/mol. The molecule has 440 valence electrons. The average Bonchev–Trinajstić information content (AvgIpc) is 3.43. The van der Waals surface area contributed by atoms with Gasteiger partial charge < -0.3 is 14.2 Å². The highest BCUT2D eigenvalue weighted by Gasteiger charge is 2.19. The molecule has 1 unspecified atom stereocenters. The zero-order valence-electron chi connectivity index (χ0n) is 50.4. The zero-order valence-corrected chi connectivity index (χ0v) is 50.4. The van der Waals surface area contributed by atoms with Crippen LogP contribution < -0.4 is 0 Å². The number of ether oxygens (including phenoxy) is 3. The van der Waals surface area contributed by atoms with Crippen LogP contribution in [0.15, 0.2) is 109 Å². The van der Waals surface area contributed by atoms with Crippen molar-refractivity contribution in [3.8, 4) is 0 Å². The van der Waals surface area contributed by atoms with E-state index in [-0.39, 0.29) is 37.5 Å². The molecule has 77 heavy (non-hydrogen) atoms. The molecule has 0 aromatic heterocycles. The monoisotopic (exact) mass is 1070 g/mol. The zero-order chi connectivity index (χ0) is 55.7. The number of carbonyl (C=O) groups excluding carboxylic acids is 3. The Bertz CT molecular complexity index is 1560. The van der Waals surface area contributed by atoms with E-state index >= 15 is 0 Å². The van der Waals surface area contributed by atoms with Gasteiger partial charge in [0.25, 0.3) is 0 Å². The summed E-state index contributed by atoms with van der Waals surface area (Å²) in [5.41, 5.74) is 0. The molecular formula is C71H120O6. The fourth-order valence-corrected chi connectivity index (χ4v) is 8.97. The summed E-state index contributed by atoms with van der Waals surface area (Å²) in [5, 5.41) is 0. The van der Waals surface area contributed by atoms with Crippen LogP contribution in [0.1, 0.15) is 303 Å². The van der Waals surface area contributed by atoms with Crippen LogP contribution in [-0.2, 0) is 28.6 Å². The maximum Gasteiger partial charge on any atom is 0.306 e. The molecule has 0 amide bonds. The normalized spacial score (nSPS) is 12.8. The number of unbranched alkanes of at least 4 members (excludes halogenated alkanes) is 29. The Kier molecular flexibility index (Phi) is 61.3. The fraction of sp³-hybridized carbons (Fsp3) is 0.704. The van der Waals surface area contributed by atoms with Gasteiger partial charge in [-0.3, -0.25) is 14.4 Å². The first kappa shape index (κ1) is 73.1.